The summed E-state index contributed by atoms with van der Waals surface area (Å²) in [5.41, 5.74) is 15.2. The summed E-state index contributed by atoms with van der Waals surface area (Å²) in [6.07, 6.45) is 0. The molecule has 2 unspecified atom stereocenters. The average Bonchev–Trinajstić information content (AvgIpc) is 3.73. The van der Waals surface area contributed by atoms with Gasteiger partial charge in [-0.05, 0) is 88.0 Å². The van der Waals surface area contributed by atoms with Crippen molar-refractivity contribution in [2.24, 2.45) is 0 Å². The van der Waals surface area contributed by atoms with Gasteiger partial charge in [0.05, 0.1) is 39.9 Å². The number of hydrogen-bond acceptors (Lipinski definition) is 3. The van der Waals surface area contributed by atoms with Crippen LogP contribution in [-0.2, 0) is 5.41 Å². The molecule has 3 aliphatic rings. The minimum atomic E-state index is -0.529. The zero-order valence-corrected chi connectivity index (χ0v) is 29.9. The Morgan fingerprint density at radius 3 is 1.69 bits per heavy atom. The zero-order chi connectivity index (χ0) is 36.1. The first-order valence-corrected chi connectivity index (χ1v) is 19.1. The van der Waals surface area contributed by atoms with Gasteiger partial charge in [-0.3, -0.25) is 0 Å². The van der Waals surface area contributed by atoms with Crippen molar-refractivity contribution in [1.82, 2.24) is 4.57 Å². The predicted octanol–water partition coefficient (Wildman–Crippen LogP) is 12.6. The van der Waals surface area contributed by atoms with Crippen LogP contribution < -0.4 is 15.4 Å². The summed E-state index contributed by atoms with van der Waals surface area (Å²) in [7, 11) is 0. The second-order valence-corrected chi connectivity index (χ2v) is 14.9. The minimum Gasteiger partial charge on any atom is -0.457 e. The van der Waals surface area contributed by atoms with Crippen LogP contribution in [0.25, 0.3) is 38.6 Å². The van der Waals surface area contributed by atoms with Gasteiger partial charge in [-0.25, -0.2) is 0 Å². The lowest BCUT2D eigenvalue weighted by Gasteiger charge is -2.39. The topological polar surface area (TPSA) is 38.2 Å². The van der Waals surface area contributed by atoms with E-state index < -0.39 is 5.41 Å². The van der Waals surface area contributed by atoms with Crippen LogP contribution in [0.5, 0.6) is 11.5 Å². The Bertz CT molecular complexity index is 2930. The van der Waals surface area contributed by atoms with E-state index in [9.17, 15) is 0 Å². The van der Waals surface area contributed by atoms with E-state index in [-0.39, 0.29) is 12.1 Å². The third kappa shape index (κ3) is 4.22. The summed E-state index contributed by atoms with van der Waals surface area (Å²) < 4.78 is 9.08. The number of hydrogen-bond donors (Lipinski definition) is 2. The monoisotopic (exact) mass is 705 g/mol. The summed E-state index contributed by atoms with van der Waals surface area (Å²) in [6.45, 7) is 0. The van der Waals surface area contributed by atoms with Crippen molar-refractivity contribution < 1.29 is 4.74 Å². The van der Waals surface area contributed by atoms with E-state index in [2.05, 4.69) is 203 Å². The predicted molar refractivity (Wildman–Crippen MR) is 224 cm³/mol. The van der Waals surface area contributed by atoms with Gasteiger partial charge in [0.2, 0.25) is 0 Å². The number of anilines is 2. The lowest BCUT2D eigenvalue weighted by molar-refractivity contribution is 0.436. The molecule has 0 bridgehead atoms. The Hall–Kier alpha value is -7.04. The maximum absolute atomic E-state index is 6.62. The molecule has 55 heavy (non-hydrogen) atoms. The lowest BCUT2D eigenvalue weighted by Crippen LogP contribution is -2.32. The van der Waals surface area contributed by atoms with E-state index in [1.54, 1.807) is 0 Å². The largest absolute Gasteiger partial charge is 0.457 e. The number of aromatic nitrogens is 1. The maximum Gasteiger partial charge on any atom is 0.132 e. The zero-order valence-electron chi connectivity index (χ0n) is 29.9. The van der Waals surface area contributed by atoms with Crippen molar-refractivity contribution in [3.63, 3.8) is 0 Å². The number of benzene rings is 8. The van der Waals surface area contributed by atoms with E-state index in [4.69, 9.17) is 4.74 Å². The molecule has 0 amide bonds. The normalized spacial score (nSPS) is 16.9. The van der Waals surface area contributed by atoms with E-state index in [1.807, 2.05) is 0 Å². The second kappa shape index (κ2) is 11.5. The van der Waals surface area contributed by atoms with Crippen LogP contribution >= 0.6 is 0 Å². The Labute approximate surface area is 319 Å². The van der Waals surface area contributed by atoms with Crippen molar-refractivity contribution in [3.8, 4) is 28.3 Å². The van der Waals surface area contributed by atoms with E-state index in [1.165, 1.54) is 66.3 Å². The third-order valence-electron chi connectivity index (χ3n) is 12.2. The SMILES string of the molecule is c1ccc(C2Nc3ccccc3NC2c2ccc(-n3c4ccccc4c4cc5c(cc43)C3(c4ccccc4Oc4ccccc43)c3ccccc3-5)cc2)cc1. The number of fused-ring (bicyclic) bond motifs is 13. The molecule has 8 aromatic carbocycles. The summed E-state index contributed by atoms with van der Waals surface area (Å²) >= 11 is 0. The number of nitrogens with zero attached hydrogens (tertiary/aromatic N) is 1. The molecule has 1 spiro atoms. The molecular formula is C51H35N3O. The first-order chi connectivity index (χ1) is 27.3. The minimum absolute atomic E-state index is 0.0415. The molecule has 0 saturated heterocycles. The standard InChI is InChI=1S/C51H35N3O/c1-2-14-32(15-3-1)49-50(53-44-22-10-9-21-43(44)52-49)33-26-28-34(29-27-33)54-45-23-11-5-17-36(45)38-30-37-35-16-4-6-18-39(35)51(42(37)31-46(38)54)40-19-7-12-24-47(40)55-48-25-13-8-20-41(48)51/h1-31,49-50,52-53H. The van der Waals surface area contributed by atoms with Gasteiger partial charge in [0.25, 0.3) is 0 Å². The lowest BCUT2D eigenvalue weighted by atomic mass is 9.66. The van der Waals surface area contributed by atoms with Crippen LogP contribution in [0.1, 0.15) is 45.5 Å². The highest BCUT2D eigenvalue weighted by Gasteiger charge is 2.51. The highest BCUT2D eigenvalue weighted by Crippen LogP contribution is 2.62. The molecule has 0 radical (unpaired) electrons. The average molecular weight is 706 g/mol. The van der Waals surface area contributed by atoms with Crippen LogP contribution in [0.3, 0.4) is 0 Å². The number of para-hydroxylation sites is 5. The van der Waals surface area contributed by atoms with Crippen LogP contribution in [0.2, 0.25) is 0 Å². The summed E-state index contributed by atoms with van der Waals surface area (Å²) in [5, 5.41) is 10.2. The Balaban J connectivity index is 1.07. The molecular weight excluding hydrogens is 671 g/mol. The molecule has 12 rings (SSSR count). The Morgan fingerprint density at radius 2 is 0.982 bits per heavy atom. The quantitative estimate of drug-likeness (QED) is 0.192. The molecule has 2 atom stereocenters. The fourth-order valence-corrected chi connectivity index (χ4v) is 9.87. The first kappa shape index (κ1) is 30.4. The van der Waals surface area contributed by atoms with Gasteiger partial charge in [0.15, 0.2) is 0 Å². The fourth-order valence-electron chi connectivity index (χ4n) is 9.87. The van der Waals surface area contributed by atoms with Crippen molar-refractivity contribution in [3.05, 3.63) is 221 Å². The highest BCUT2D eigenvalue weighted by molar-refractivity contribution is 6.12. The van der Waals surface area contributed by atoms with Crippen molar-refractivity contribution in [2.75, 3.05) is 10.6 Å². The first-order valence-electron chi connectivity index (χ1n) is 19.1. The van der Waals surface area contributed by atoms with E-state index in [0.29, 0.717) is 0 Å². The van der Waals surface area contributed by atoms with Gasteiger partial charge in [0.1, 0.15) is 11.5 Å². The molecule has 0 fully saturated rings. The molecule has 1 aliphatic carbocycles. The maximum atomic E-state index is 6.62. The molecule has 2 aliphatic heterocycles. The number of ether oxygens (including phenoxy) is 1. The number of nitrogens with one attached hydrogen (secondary N) is 2. The van der Waals surface area contributed by atoms with Crippen LogP contribution in [-0.4, -0.2) is 4.57 Å². The molecule has 9 aromatic rings. The van der Waals surface area contributed by atoms with Gasteiger partial charge in [0, 0.05) is 27.6 Å². The van der Waals surface area contributed by atoms with Crippen molar-refractivity contribution >= 4 is 33.2 Å². The molecule has 2 N–H and O–H groups in total. The van der Waals surface area contributed by atoms with E-state index in [0.717, 1.165) is 28.6 Å². The summed E-state index contributed by atoms with van der Waals surface area (Å²) in [4.78, 5) is 0. The van der Waals surface area contributed by atoms with Gasteiger partial charge >= 0.3 is 0 Å². The Kier molecular flexibility index (Phi) is 6.35. The molecule has 0 saturated carbocycles. The Morgan fingerprint density at radius 1 is 0.418 bits per heavy atom. The second-order valence-electron chi connectivity index (χ2n) is 14.9. The van der Waals surface area contributed by atoms with Crippen LogP contribution in [0.4, 0.5) is 11.4 Å². The summed E-state index contributed by atoms with van der Waals surface area (Å²) in [5.74, 6) is 1.81. The molecule has 4 nitrogen and oxygen atoms in total. The van der Waals surface area contributed by atoms with Gasteiger partial charge in [-0.1, -0.05) is 133 Å². The molecule has 4 heteroatoms. The molecule has 3 heterocycles. The highest BCUT2D eigenvalue weighted by atomic mass is 16.5. The summed E-state index contributed by atoms with van der Waals surface area (Å²) in [6, 6.07) is 68.5. The molecule has 260 valence electrons. The van der Waals surface area contributed by atoms with E-state index >= 15 is 0 Å². The number of rotatable bonds is 3. The third-order valence-corrected chi connectivity index (χ3v) is 12.2. The van der Waals surface area contributed by atoms with Crippen LogP contribution in [0.15, 0.2) is 188 Å². The van der Waals surface area contributed by atoms with Crippen molar-refractivity contribution in [2.45, 2.75) is 17.5 Å². The van der Waals surface area contributed by atoms with Crippen molar-refractivity contribution in [1.29, 1.82) is 0 Å². The van der Waals surface area contributed by atoms with Gasteiger partial charge < -0.3 is 19.9 Å². The van der Waals surface area contributed by atoms with Gasteiger partial charge in [-0.2, -0.15) is 0 Å². The van der Waals surface area contributed by atoms with Crippen LogP contribution in [0, 0.1) is 0 Å². The molecule has 1 aromatic heterocycles. The van der Waals surface area contributed by atoms with Gasteiger partial charge in [-0.15, -0.1) is 0 Å². The fraction of sp³-hybridized carbons (Fsp3) is 0.0588. The smallest absolute Gasteiger partial charge is 0.132 e.